The van der Waals surface area contributed by atoms with E-state index < -0.39 is 0 Å². The van der Waals surface area contributed by atoms with Crippen LogP contribution in [0.25, 0.3) is 0 Å². The van der Waals surface area contributed by atoms with Gasteiger partial charge in [-0.05, 0) is 43.7 Å². The lowest BCUT2D eigenvalue weighted by Gasteiger charge is -2.40. The molecule has 1 unspecified atom stereocenters. The molecule has 0 saturated heterocycles. The molecule has 0 heterocycles. The number of nitrogens with zero attached hydrogens (tertiary/aromatic N) is 1. The molecule has 1 aliphatic carbocycles. The van der Waals surface area contributed by atoms with Gasteiger partial charge >= 0.3 is 0 Å². The average molecular weight is 254 g/mol. The van der Waals surface area contributed by atoms with Crippen molar-refractivity contribution in [3.63, 3.8) is 0 Å². The first kappa shape index (κ1) is 16.0. The molecule has 0 amide bonds. The summed E-state index contributed by atoms with van der Waals surface area (Å²) in [5.74, 6) is 1.65. The molecule has 0 aliphatic heterocycles. The molecule has 1 N–H and O–H groups in total. The quantitative estimate of drug-likeness (QED) is 0.701. The van der Waals surface area contributed by atoms with Crippen molar-refractivity contribution in [3.05, 3.63) is 0 Å². The highest BCUT2D eigenvalue weighted by molar-refractivity contribution is 4.84. The van der Waals surface area contributed by atoms with E-state index in [1.807, 2.05) is 0 Å². The van der Waals surface area contributed by atoms with Gasteiger partial charge in [0.2, 0.25) is 0 Å². The van der Waals surface area contributed by atoms with Crippen LogP contribution >= 0.6 is 0 Å². The van der Waals surface area contributed by atoms with Crippen LogP contribution in [-0.2, 0) is 0 Å². The largest absolute Gasteiger partial charge is 0.315 e. The van der Waals surface area contributed by atoms with Crippen LogP contribution < -0.4 is 5.32 Å². The van der Waals surface area contributed by atoms with E-state index in [9.17, 15) is 0 Å². The van der Waals surface area contributed by atoms with Crippen molar-refractivity contribution in [2.75, 3.05) is 33.2 Å². The van der Waals surface area contributed by atoms with Gasteiger partial charge in [-0.25, -0.2) is 0 Å². The minimum Gasteiger partial charge on any atom is -0.315 e. The number of hydrogen-bond acceptors (Lipinski definition) is 2. The Kier molecular flexibility index (Phi) is 6.65. The summed E-state index contributed by atoms with van der Waals surface area (Å²) in [4.78, 5) is 2.52. The zero-order valence-electron chi connectivity index (χ0n) is 13.3. The van der Waals surface area contributed by atoms with Crippen LogP contribution in [0, 0.1) is 17.3 Å². The SMILES string of the molecule is CC(C)CNCCN(C)CC1CCCCC1(C)C. The normalized spacial score (nSPS) is 23.8. The first-order valence-corrected chi connectivity index (χ1v) is 7.81. The monoisotopic (exact) mass is 254 g/mol. The molecule has 1 fully saturated rings. The van der Waals surface area contributed by atoms with Gasteiger partial charge in [0.25, 0.3) is 0 Å². The second kappa shape index (κ2) is 7.49. The molecule has 0 aromatic rings. The maximum absolute atomic E-state index is 3.53. The molecule has 18 heavy (non-hydrogen) atoms. The van der Waals surface area contributed by atoms with Crippen LogP contribution in [0.1, 0.15) is 53.4 Å². The van der Waals surface area contributed by atoms with Crippen molar-refractivity contribution < 1.29 is 0 Å². The second-order valence-electron chi connectivity index (χ2n) is 7.29. The Hall–Kier alpha value is -0.0800. The highest BCUT2D eigenvalue weighted by atomic mass is 15.1. The minimum absolute atomic E-state index is 0.553. The van der Waals surface area contributed by atoms with Gasteiger partial charge in [0.15, 0.2) is 0 Å². The smallest absolute Gasteiger partial charge is 0.0104 e. The van der Waals surface area contributed by atoms with E-state index >= 15 is 0 Å². The van der Waals surface area contributed by atoms with Crippen molar-refractivity contribution in [1.29, 1.82) is 0 Å². The van der Waals surface area contributed by atoms with E-state index in [-0.39, 0.29) is 0 Å². The molecular formula is C16H34N2. The molecule has 0 bridgehead atoms. The van der Waals surface area contributed by atoms with E-state index in [1.165, 1.54) is 38.8 Å². The molecule has 0 radical (unpaired) electrons. The summed E-state index contributed by atoms with van der Waals surface area (Å²) < 4.78 is 0. The predicted molar refractivity (Wildman–Crippen MR) is 80.9 cm³/mol. The third-order valence-electron chi connectivity index (χ3n) is 4.48. The summed E-state index contributed by atoms with van der Waals surface area (Å²) >= 11 is 0. The Morgan fingerprint density at radius 1 is 1.28 bits per heavy atom. The topological polar surface area (TPSA) is 15.3 Å². The number of nitrogens with one attached hydrogen (secondary N) is 1. The third kappa shape index (κ3) is 5.71. The summed E-state index contributed by atoms with van der Waals surface area (Å²) in [5, 5.41) is 3.53. The maximum atomic E-state index is 3.53. The summed E-state index contributed by atoms with van der Waals surface area (Å²) in [5.41, 5.74) is 0.553. The minimum atomic E-state index is 0.553. The number of hydrogen-bond donors (Lipinski definition) is 1. The molecule has 0 spiro atoms. The Bertz CT molecular complexity index is 223. The van der Waals surface area contributed by atoms with Gasteiger partial charge in [0.1, 0.15) is 0 Å². The Balaban J connectivity index is 2.20. The Labute approximate surface area is 115 Å². The van der Waals surface area contributed by atoms with Gasteiger partial charge < -0.3 is 10.2 Å². The molecular weight excluding hydrogens is 220 g/mol. The van der Waals surface area contributed by atoms with Crippen molar-refractivity contribution in [1.82, 2.24) is 10.2 Å². The van der Waals surface area contributed by atoms with Crippen molar-refractivity contribution >= 4 is 0 Å². The van der Waals surface area contributed by atoms with E-state index in [0.717, 1.165) is 24.9 Å². The fourth-order valence-corrected chi connectivity index (χ4v) is 3.03. The predicted octanol–water partition coefficient (Wildman–Crippen LogP) is 3.38. The van der Waals surface area contributed by atoms with Crippen molar-refractivity contribution in [2.45, 2.75) is 53.4 Å². The fourth-order valence-electron chi connectivity index (χ4n) is 3.03. The molecule has 1 aliphatic rings. The molecule has 1 atom stereocenters. The zero-order chi connectivity index (χ0) is 13.6. The van der Waals surface area contributed by atoms with Gasteiger partial charge in [0.05, 0.1) is 0 Å². The summed E-state index contributed by atoms with van der Waals surface area (Å²) in [6, 6.07) is 0. The van der Waals surface area contributed by atoms with Crippen LogP contribution in [0.15, 0.2) is 0 Å². The van der Waals surface area contributed by atoms with Gasteiger partial charge in [-0.15, -0.1) is 0 Å². The van der Waals surface area contributed by atoms with E-state index in [1.54, 1.807) is 0 Å². The van der Waals surface area contributed by atoms with Gasteiger partial charge in [-0.2, -0.15) is 0 Å². The number of rotatable bonds is 7. The molecule has 0 aromatic heterocycles. The maximum Gasteiger partial charge on any atom is 0.0104 e. The molecule has 1 saturated carbocycles. The highest BCUT2D eigenvalue weighted by Crippen LogP contribution is 2.40. The summed E-state index contributed by atoms with van der Waals surface area (Å²) in [6.45, 7) is 14.2. The fraction of sp³-hybridized carbons (Fsp3) is 1.00. The van der Waals surface area contributed by atoms with Crippen molar-refractivity contribution in [3.8, 4) is 0 Å². The highest BCUT2D eigenvalue weighted by Gasteiger charge is 2.32. The van der Waals surface area contributed by atoms with Crippen LogP contribution in [-0.4, -0.2) is 38.1 Å². The number of likely N-dealkylation sites (N-methyl/N-ethyl adjacent to an activating group) is 1. The molecule has 2 nitrogen and oxygen atoms in total. The summed E-state index contributed by atoms with van der Waals surface area (Å²) in [7, 11) is 2.28. The van der Waals surface area contributed by atoms with Crippen LogP contribution in [0.2, 0.25) is 0 Å². The van der Waals surface area contributed by atoms with Gasteiger partial charge in [-0.3, -0.25) is 0 Å². The first-order valence-electron chi connectivity index (χ1n) is 7.81. The van der Waals surface area contributed by atoms with E-state index in [0.29, 0.717) is 5.41 Å². The molecule has 108 valence electrons. The molecule has 1 rings (SSSR count). The molecule has 2 heteroatoms. The average Bonchev–Trinajstić information content (AvgIpc) is 2.27. The van der Waals surface area contributed by atoms with Crippen LogP contribution in [0.4, 0.5) is 0 Å². The van der Waals surface area contributed by atoms with Gasteiger partial charge in [-0.1, -0.05) is 40.5 Å². The standard InChI is InChI=1S/C16H34N2/c1-14(2)12-17-10-11-18(5)13-15-8-6-7-9-16(15,3)4/h14-15,17H,6-13H2,1-5H3. The molecule has 0 aromatic carbocycles. The zero-order valence-corrected chi connectivity index (χ0v) is 13.3. The van der Waals surface area contributed by atoms with E-state index in [4.69, 9.17) is 0 Å². The van der Waals surface area contributed by atoms with Gasteiger partial charge in [0, 0.05) is 19.6 Å². The second-order valence-corrected chi connectivity index (χ2v) is 7.29. The lowest BCUT2D eigenvalue weighted by Crippen LogP contribution is -2.39. The summed E-state index contributed by atoms with van der Waals surface area (Å²) in [6.07, 6.45) is 5.71. The Morgan fingerprint density at radius 3 is 2.61 bits per heavy atom. The third-order valence-corrected chi connectivity index (χ3v) is 4.48. The van der Waals surface area contributed by atoms with Crippen molar-refractivity contribution in [2.24, 2.45) is 17.3 Å². The van der Waals surface area contributed by atoms with Crippen LogP contribution in [0.3, 0.4) is 0 Å². The lowest BCUT2D eigenvalue weighted by molar-refractivity contribution is 0.0999. The van der Waals surface area contributed by atoms with E-state index in [2.05, 4.69) is 45.0 Å². The Morgan fingerprint density at radius 2 is 2.00 bits per heavy atom. The lowest BCUT2D eigenvalue weighted by atomic mass is 9.69. The first-order chi connectivity index (χ1) is 8.42. The van der Waals surface area contributed by atoms with Crippen LogP contribution in [0.5, 0.6) is 0 Å².